The molecule has 0 spiro atoms. The van der Waals surface area contributed by atoms with Gasteiger partial charge in [-0.05, 0) is 61.4 Å². The van der Waals surface area contributed by atoms with Crippen LogP contribution in [0.15, 0.2) is 65.6 Å². The number of benzene rings is 2. The number of hydrogen-bond acceptors (Lipinski definition) is 4. The third-order valence-electron chi connectivity index (χ3n) is 4.84. The number of carbonyl (C=O) groups is 1. The van der Waals surface area contributed by atoms with E-state index in [0.29, 0.717) is 5.69 Å². The first-order valence-corrected chi connectivity index (χ1v) is 9.24. The van der Waals surface area contributed by atoms with Gasteiger partial charge < -0.3 is 10.4 Å². The quantitative estimate of drug-likeness (QED) is 0.539. The monoisotopic (exact) mass is 403 g/mol. The molecule has 0 saturated heterocycles. The summed E-state index contributed by atoms with van der Waals surface area (Å²) in [6.45, 7) is 3.70. The van der Waals surface area contributed by atoms with E-state index >= 15 is 0 Å². The summed E-state index contributed by atoms with van der Waals surface area (Å²) in [5, 5.41) is 13.6. The largest absolute Gasteiger partial charge is 0.506 e. The summed E-state index contributed by atoms with van der Waals surface area (Å²) in [6.07, 6.45) is 1.45. The standard InChI is InChI=1S/C23H18FN3O3/c1-13-8-9-14(2)18(11-13)26-22(29)19-20(28)17-7-4-10-25-21(17)27(23(19)30)16-6-3-5-15(24)12-16/h3-12,28H,1-2H3,(H,26,29). The number of hydrogen-bond donors (Lipinski definition) is 2. The topological polar surface area (TPSA) is 84.2 Å². The van der Waals surface area contributed by atoms with Gasteiger partial charge in [0.1, 0.15) is 17.1 Å². The molecule has 0 atom stereocenters. The molecule has 0 saturated carbocycles. The molecule has 6 nitrogen and oxygen atoms in total. The van der Waals surface area contributed by atoms with Crippen molar-refractivity contribution in [2.24, 2.45) is 0 Å². The van der Waals surface area contributed by atoms with E-state index in [4.69, 9.17) is 0 Å². The van der Waals surface area contributed by atoms with Crippen molar-refractivity contribution in [3.05, 3.63) is 93.7 Å². The Labute approximate surface area is 171 Å². The number of nitrogens with zero attached hydrogens (tertiary/aromatic N) is 2. The molecule has 4 aromatic rings. The molecule has 2 aromatic heterocycles. The molecule has 0 aliphatic carbocycles. The Kier molecular flexibility index (Phi) is 4.79. The molecular weight excluding hydrogens is 385 g/mol. The van der Waals surface area contributed by atoms with Gasteiger partial charge in [-0.2, -0.15) is 0 Å². The zero-order valence-electron chi connectivity index (χ0n) is 16.3. The lowest BCUT2D eigenvalue weighted by Gasteiger charge is -2.15. The summed E-state index contributed by atoms with van der Waals surface area (Å²) in [4.78, 5) is 30.5. The molecule has 0 radical (unpaired) electrons. The van der Waals surface area contributed by atoms with E-state index in [1.54, 1.807) is 18.2 Å². The maximum atomic E-state index is 13.8. The molecule has 1 amide bonds. The summed E-state index contributed by atoms with van der Waals surface area (Å²) in [6, 6.07) is 14.0. The average molecular weight is 403 g/mol. The molecule has 0 aliphatic rings. The fraction of sp³-hybridized carbons (Fsp3) is 0.0870. The highest BCUT2D eigenvalue weighted by Gasteiger charge is 2.24. The van der Waals surface area contributed by atoms with Crippen molar-refractivity contribution in [1.82, 2.24) is 9.55 Å². The summed E-state index contributed by atoms with van der Waals surface area (Å²) in [5.41, 5.74) is 1.34. The minimum Gasteiger partial charge on any atom is -0.506 e. The molecular formula is C23H18FN3O3. The lowest BCUT2D eigenvalue weighted by molar-refractivity contribution is 0.102. The first kappa shape index (κ1) is 19.3. The number of fused-ring (bicyclic) bond motifs is 1. The van der Waals surface area contributed by atoms with Crippen LogP contribution in [0.1, 0.15) is 21.5 Å². The van der Waals surface area contributed by atoms with Gasteiger partial charge in [0.05, 0.1) is 11.1 Å². The van der Waals surface area contributed by atoms with Crippen LogP contribution in [0, 0.1) is 19.7 Å². The molecule has 0 unspecified atom stereocenters. The Hall–Kier alpha value is -4.00. The van der Waals surface area contributed by atoms with E-state index in [-0.39, 0.29) is 16.7 Å². The van der Waals surface area contributed by atoms with Crippen LogP contribution in [0.2, 0.25) is 0 Å². The highest BCUT2D eigenvalue weighted by atomic mass is 19.1. The smallest absolute Gasteiger partial charge is 0.273 e. The number of aromatic hydroxyl groups is 1. The van der Waals surface area contributed by atoms with Gasteiger partial charge in [0, 0.05) is 11.9 Å². The van der Waals surface area contributed by atoms with E-state index < -0.39 is 28.6 Å². The van der Waals surface area contributed by atoms with Crippen LogP contribution in [0.25, 0.3) is 16.7 Å². The molecule has 30 heavy (non-hydrogen) atoms. The van der Waals surface area contributed by atoms with Crippen molar-refractivity contribution in [2.75, 3.05) is 5.32 Å². The zero-order chi connectivity index (χ0) is 21.4. The Morgan fingerprint density at radius 2 is 1.90 bits per heavy atom. The average Bonchev–Trinajstić information content (AvgIpc) is 2.71. The van der Waals surface area contributed by atoms with Crippen LogP contribution in [-0.2, 0) is 0 Å². The van der Waals surface area contributed by atoms with E-state index in [2.05, 4.69) is 10.3 Å². The maximum absolute atomic E-state index is 13.8. The van der Waals surface area contributed by atoms with Crippen LogP contribution in [0.3, 0.4) is 0 Å². The zero-order valence-corrected chi connectivity index (χ0v) is 16.3. The maximum Gasteiger partial charge on any atom is 0.273 e. The summed E-state index contributed by atoms with van der Waals surface area (Å²) in [7, 11) is 0. The first-order chi connectivity index (χ1) is 14.4. The van der Waals surface area contributed by atoms with Gasteiger partial charge in [-0.1, -0.05) is 18.2 Å². The number of aromatic nitrogens is 2. The van der Waals surface area contributed by atoms with Crippen LogP contribution < -0.4 is 10.9 Å². The van der Waals surface area contributed by atoms with Crippen LogP contribution in [-0.4, -0.2) is 20.6 Å². The number of anilines is 1. The fourth-order valence-corrected chi connectivity index (χ4v) is 3.32. The number of amides is 1. The van der Waals surface area contributed by atoms with Crippen LogP contribution >= 0.6 is 0 Å². The van der Waals surface area contributed by atoms with E-state index in [1.165, 1.54) is 30.5 Å². The van der Waals surface area contributed by atoms with Gasteiger partial charge in [0.2, 0.25) is 0 Å². The lowest BCUT2D eigenvalue weighted by atomic mass is 10.1. The normalized spacial score (nSPS) is 10.9. The SMILES string of the molecule is Cc1ccc(C)c(NC(=O)c2c(O)c3cccnc3n(-c3cccc(F)c3)c2=O)c1. The molecule has 150 valence electrons. The highest BCUT2D eigenvalue weighted by molar-refractivity contribution is 6.09. The minimum atomic E-state index is -0.799. The summed E-state index contributed by atoms with van der Waals surface area (Å²) >= 11 is 0. The van der Waals surface area contributed by atoms with Gasteiger partial charge in [-0.25, -0.2) is 9.37 Å². The second-order valence-corrected chi connectivity index (χ2v) is 6.99. The molecule has 4 rings (SSSR count). The summed E-state index contributed by atoms with van der Waals surface area (Å²) in [5.74, 6) is -1.78. The van der Waals surface area contributed by atoms with Crippen molar-refractivity contribution in [1.29, 1.82) is 0 Å². The van der Waals surface area contributed by atoms with Crippen molar-refractivity contribution in [3.63, 3.8) is 0 Å². The summed E-state index contributed by atoms with van der Waals surface area (Å²) < 4.78 is 14.9. The number of halogens is 1. The second kappa shape index (κ2) is 7.44. The Morgan fingerprint density at radius 3 is 2.67 bits per heavy atom. The number of aryl methyl sites for hydroxylation is 2. The number of nitrogens with one attached hydrogen (secondary N) is 1. The van der Waals surface area contributed by atoms with E-state index in [9.17, 15) is 19.1 Å². The molecule has 2 heterocycles. The van der Waals surface area contributed by atoms with Crippen molar-refractivity contribution >= 4 is 22.6 Å². The molecule has 7 heteroatoms. The number of rotatable bonds is 3. The fourth-order valence-electron chi connectivity index (χ4n) is 3.32. The number of carbonyl (C=O) groups excluding carboxylic acids is 1. The molecule has 0 fully saturated rings. The van der Waals surface area contributed by atoms with Gasteiger partial charge in [0.15, 0.2) is 5.65 Å². The third kappa shape index (κ3) is 3.30. The molecule has 2 aromatic carbocycles. The van der Waals surface area contributed by atoms with E-state index in [1.807, 2.05) is 26.0 Å². The van der Waals surface area contributed by atoms with E-state index in [0.717, 1.165) is 15.7 Å². The molecule has 2 N–H and O–H groups in total. The highest BCUT2D eigenvalue weighted by Crippen LogP contribution is 2.28. The molecule has 0 bridgehead atoms. The van der Waals surface area contributed by atoms with Crippen LogP contribution in [0.5, 0.6) is 5.75 Å². The lowest BCUT2D eigenvalue weighted by Crippen LogP contribution is -2.29. The van der Waals surface area contributed by atoms with Crippen LogP contribution in [0.4, 0.5) is 10.1 Å². The van der Waals surface area contributed by atoms with Gasteiger partial charge in [-0.3, -0.25) is 14.2 Å². The number of pyridine rings is 2. The Balaban J connectivity index is 1.95. The first-order valence-electron chi connectivity index (χ1n) is 9.24. The predicted octanol–water partition coefficient (Wildman–Crippen LogP) is 4.10. The van der Waals surface area contributed by atoms with Gasteiger partial charge >= 0.3 is 0 Å². The van der Waals surface area contributed by atoms with Gasteiger partial charge in [-0.15, -0.1) is 0 Å². The van der Waals surface area contributed by atoms with Gasteiger partial charge in [0.25, 0.3) is 11.5 Å². The Bertz CT molecular complexity index is 1360. The minimum absolute atomic E-state index is 0.119. The third-order valence-corrected chi connectivity index (χ3v) is 4.84. The second-order valence-electron chi connectivity index (χ2n) is 6.99. The molecule has 0 aliphatic heterocycles. The van der Waals surface area contributed by atoms with Crippen molar-refractivity contribution in [3.8, 4) is 11.4 Å². The van der Waals surface area contributed by atoms with Crippen molar-refractivity contribution in [2.45, 2.75) is 13.8 Å². The van der Waals surface area contributed by atoms with Crippen molar-refractivity contribution < 1.29 is 14.3 Å². The Morgan fingerprint density at radius 1 is 1.10 bits per heavy atom. The predicted molar refractivity (Wildman–Crippen MR) is 113 cm³/mol.